The fraction of sp³-hybridized carbons (Fsp3) is 0.562. The summed E-state index contributed by atoms with van der Waals surface area (Å²) in [6, 6.07) is 3.60. The van der Waals surface area contributed by atoms with E-state index >= 15 is 0 Å². The topological polar surface area (TPSA) is 62.7 Å². The molecule has 1 spiro atoms. The zero-order valence-corrected chi connectivity index (χ0v) is 12.4. The average Bonchev–Trinajstić information content (AvgIpc) is 3.01. The Morgan fingerprint density at radius 3 is 3.18 bits per heavy atom. The molecule has 0 aromatic carbocycles. The molecule has 4 rings (SSSR count). The van der Waals surface area contributed by atoms with Crippen molar-refractivity contribution in [3.63, 3.8) is 0 Å². The van der Waals surface area contributed by atoms with Crippen molar-refractivity contribution >= 4 is 11.8 Å². The molecular weight excluding hydrogens is 282 g/mol. The largest absolute Gasteiger partial charge is 0.353 e. The van der Waals surface area contributed by atoms with E-state index in [0.717, 1.165) is 24.9 Å². The molecule has 6 heteroatoms. The highest BCUT2D eigenvalue weighted by Gasteiger charge is 2.61. The Labute approximate surface area is 129 Å². The lowest BCUT2D eigenvalue weighted by Gasteiger charge is -2.42. The third-order valence-corrected chi connectivity index (χ3v) is 5.01. The predicted octanol–water partition coefficient (Wildman–Crippen LogP) is 0.574. The molecule has 2 atom stereocenters. The van der Waals surface area contributed by atoms with E-state index in [1.165, 1.54) is 0 Å². The number of carbonyl (C=O) groups is 2. The molecule has 0 N–H and O–H groups in total. The van der Waals surface area contributed by atoms with Crippen LogP contribution >= 0.6 is 0 Å². The number of hydrogen-bond donors (Lipinski definition) is 0. The first-order chi connectivity index (χ1) is 10.7. The van der Waals surface area contributed by atoms with Crippen LogP contribution in [0.3, 0.4) is 0 Å². The van der Waals surface area contributed by atoms with E-state index in [1.807, 2.05) is 21.9 Å². The molecule has 3 aliphatic heterocycles. The van der Waals surface area contributed by atoms with Gasteiger partial charge in [-0.1, -0.05) is 6.07 Å². The molecule has 0 bridgehead atoms. The summed E-state index contributed by atoms with van der Waals surface area (Å²) in [4.78, 5) is 32.6. The number of pyridine rings is 1. The van der Waals surface area contributed by atoms with Crippen LogP contribution in [0.25, 0.3) is 0 Å². The standard InChI is InChI=1S/C16H19N3O3/c20-14(9-12-3-1-5-17-11-12)18-7-4-16-13(18)10-15(21)19(16)6-2-8-22-16/h1,3,5,11,13H,2,4,6-10H2/t13-,16+/m1/s1. The highest BCUT2D eigenvalue weighted by molar-refractivity contribution is 5.85. The highest BCUT2D eigenvalue weighted by Crippen LogP contribution is 2.44. The average molecular weight is 301 g/mol. The van der Waals surface area contributed by atoms with Crippen molar-refractivity contribution < 1.29 is 14.3 Å². The van der Waals surface area contributed by atoms with Crippen LogP contribution in [0, 0.1) is 0 Å². The molecule has 6 nitrogen and oxygen atoms in total. The molecule has 3 fully saturated rings. The third-order valence-electron chi connectivity index (χ3n) is 5.01. The van der Waals surface area contributed by atoms with Crippen LogP contribution in [0.5, 0.6) is 0 Å². The number of amides is 2. The number of carbonyl (C=O) groups excluding carboxylic acids is 2. The number of hydrogen-bond acceptors (Lipinski definition) is 4. The Kier molecular flexibility index (Phi) is 3.14. The van der Waals surface area contributed by atoms with E-state index in [9.17, 15) is 9.59 Å². The van der Waals surface area contributed by atoms with E-state index in [-0.39, 0.29) is 17.9 Å². The van der Waals surface area contributed by atoms with Crippen molar-refractivity contribution in [2.24, 2.45) is 0 Å². The second-order valence-corrected chi connectivity index (χ2v) is 6.19. The Bertz CT molecular complexity index is 606. The molecule has 0 saturated carbocycles. The van der Waals surface area contributed by atoms with Gasteiger partial charge < -0.3 is 14.5 Å². The molecule has 1 aromatic rings. The number of aromatic nitrogens is 1. The number of ether oxygens (including phenoxy) is 1. The van der Waals surface area contributed by atoms with Gasteiger partial charge in [-0.2, -0.15) is 0 Å². The molecule has 0 radical (unpaired) electrons. The molecule has 116 valence electrons. The van der Waals surface area contributed by atoms with Crippen molar-refractivity contribution in [2.75, 3.05) is 19.7 Å². The molecular formula is C16H19N3O3. The second kappa shape index (κ2) is 5.05. The van der Waals surface area contributed by atoms with Crippen LogP contribution in [0.15, 0.2) is 24.5 Å². The van der Waals surface area contributed by atoms with Crippen LogP contribution in [0.1, 0.15) is 24.8 Å². The molecule has 3 aliphatic rings. The van der Waals surface area contributed by atoms with Crippen molar-refractivity contribution in [2.45, 2.75) is 37.5 Å². The molecule has 0 aliphatic carbocycles. The number of likely N-dealkylation sites (tertiary alicyclic amines) is 1. The second-order valence-electron chi connectivity index (χ2n) is 6.19. The van der Waals surface area contributed by atoms with E-state index in [2.05, 4.69) is 4.98 Å². The summed E-state index contributed by atoms with van der Waals surface area (Å²) in [7, 11) is 0. The Balaban J connectivity index is 1.55. The first-order valence-electron chi connectivity index (χ1n) is 7.83. The van der Waals surface area contributed by atoms with Crippen LogP contribution in [-0.4, -0.2) is 58.1 Å². The fourth-order valence-corrected chi connectivity index (χ4v) is 4.03. The van der Waals surface area contributed by atoms with Gasteiger partial charge >= 0.3 is 0 Å². The van der Waals surface area contributed by atoms with Gasteiger partial charge in [0, 0.05) is 31.9 Å². The van der Waals surface area contributed by atoms with Gasteiger partial charge in [-0.15, -0.1) is 0 Å². The van der Waals surface area contributed by atoms with Gasteiger partial charge in [0.2, 0.25) is 11.8 Å². The highest BCUT2D eigenvalue weighted by atomic mass is 16.5. The lowest BCUT2D eigenvalue weighted by atomic mass is 10.0. The minimum absolute atomic E-state index is 0.0544. The lowest BCUT2D eigenvalue weighted by Crippen LogP contribution is -2.56. The van der Waals surface area contributed by atoms with E-state index in [1.54, 1.807) is 12.4 Å². The van der Waals surface area contributed by atoms with Crippen LogP contribution in [0.4, 0.5) is 0 Å². The lowest BCUT2D eigenvalue weighted by molar-refractivity contribution is -0.181. The van der Waals surface area contributed by atoms with E-state index in [0.29, 0.717) is 26.0 Å². The molecule has 4 heterocycles. The van der Waals surface area contributed by atoms with E-state index < -0.39 is 5.72 Å². The monoisotopic (exact) mass is 301 g/mol. The summed E-state index contributed by atoms with van der Waals surface area (Å²) in [5.74, 6) is 0.169. The summed E-state index contributed by atoms with van der Waals surface area (Å²) in [6.45, 7) is 2.08. The maximum absolute atomic E-state index is 12.6. The third kappa shape index (κ3) is 1.94. The smallest absolute Gasteiger partial charge is 0.227 e. The van der Waals surface area contributed by atoms with Gasteiger partial charge in [0.25, 0.3) is 0 Å². The summed E-state index contributed by atoms with van der Waals surface area (Å²) in [5.41, 5.74) is 0.346. The normalized spacial score (nSPS) is 30.4. The minimum Gasteiger partial charge on any atom is -0.353 e. The van der Waals surface area contributed by atoms with Gasteiger partial charge in [0.1, 0.15) is 0 Å². The van der Waals surface area contributed by atoms with Crippen LogP contribution < -0.4 is 0 Å². The van der Waals surface area contributed by atoms with Gasteiger partial charge in [-0.25, -0.2) is 0 Å². The molecule has 3 saturated heterocycles. The van der Waals surface area contributed by atoms with Gasteiger partial charge in [0.15, 0.2) is 5.72 Å². The maximum Gasteiger partial charge on any atom is 0.227 e. The molecule has 0 unspecified atom stereocenters. The SMILES string of the molecule is O=C(Cc1cccnc1)N1CC[C@@]23OCCCN2C(=O)C[C@@H]13. The zero-order chi connectivity index (χ0) is 15.2. The van der Waals surface area contributed by atoms with Crippen molar-refractivity contribution in [3.05, 3.63) is 30.1 Å². The zero-order valence-electron chi connectivity index (χ0n) is 12.4. The Morgan fingerprint density at radius 2 is 2.36 bits per heavy atom. The molecule has 1 aromatic heterocycles. The quantitative estimate of drug-likeness (QED) is 0.801. The predicted molar refractivity (Wildman–Crippen MR) is 77.7 cm³/mol. The Morgan fingerprint density at radius 1 is 1.45 bits per heavy atom. The summed E-state index contributed by atoms with van der Waals surface area (Å²) in [5, 5.41) is 0. The first kappa shape index (κ1) is 13.7. The van der Waals surface area contributed by atoms with Crippen molar-refractivity contribution in [1.29, 1.82) is 0 Å². The van der Waals surface area contributed by atoms with Crippen LogP contribution in [-0.2, 0) is 20.7 Å². The van der Waals surface area contributed by atoms with Gasteiger partial charge in [-0.05, 0) is 18.1 Å². The van der Waals surface area contributed by atoms with Gasteiger partial charge in [-0.3, -0.25) is 14.6 Å². The molecule has 2 amide bonds. The number of rotatable bonds is 2. The summed E-state index contributed by atoms with van der Waals surface area (Å²) < 4.78 is 6.01. The fourth-order valence-electron chi connectivity index (χ4n) is 4.03. The van der Waals surface area contributed by atoms with Gasteiger partial charge in [0.05, 0.1) is 25.5 Å². The number of nitrogens with zero attached hydrogens (tertiary/aromatic N) is 3. The summed E-state index contributed by atoms with van der Waals surface area (Å²) in [6.07, 6.45) is 5.73. The minimum atomic E-state index is -0.556. The van der Waals surface area contributed by atoms with Crippen molar-refractivity contribution in [1.82, 2.24) is 14.8 Å². The first-order valence-corrected chi connectivity index (χ1v) is 7.83. The van der Waals surface area contributed by atoms with Crippen molar-refractivity contribution in [3.8, 4) is 0 Å². The van der Waals surface area contributed by atoms with E-state index in [4.69, 9.17) is 4.74 Å². The maximum atomic E-state index is 12.6. The summed E-state index contributed by atoms with van der Waals surface area (Å²) >= 11 is 0. The van der Waals surface area contributed by atoms with Crippen LogP contribution in [0.2, 0.25) is 0 Å². The Hall–Kier alpha value is -1.95. The molecule has 22 heavy (non-hydrogen) atoms.